The van der Waals surface area contributed by atoms with Crippen molar-refractivity contribution < 1.29 is 19.2 Å². The van der Waals surface area contributed by atoms with Crippen LogP contribution in [0.15, 0.2) is 41.0 Å². The molecule has 3 rings (SSSR count). The third kappa shape index (κ3) is 5.17. The Kier molecular flexibility index (Phi) is 7.45. The first-order chi connectivity index (χ1) is 14.3. The van der Waals surface area contributed by atoms with Crippen molar-refractivity contribution in [3.8, 4) is 5.75 Å². The van der Waals surface area contributed by atoms with Crippen LogP contribution in [0.4, 0.5) is 5.69 Å². The summed E-state index contributed by atoms with van der Waals surface area (Å²) < 4.78 is 13.0. The van der Waals surface area contributed by atoms with Crippen LogP contribution in [0.25, 0.3) is 6.08 Å². The number of carbonyl (C=O) groups excluding carboxylic acids is 1. The summed E-state index contributed by atoms with van der Waals surface area (Å²) in [6.45, 7) is 4.41. The molecule has 0 amide bonds. The van der Waals surface area contributed by atoms with E-state index in [1.165, 1.54) is 12.1 Å². The maximum absolute atomic E-state index is 12.3. The van der Waals surface area contributed by atoms with Gasteiger partial charge < -0.3 is 9.47 Å². The van der Waals surface area contributed by atoms with Crippen LogP contribution in [0.3, 0.4) is 0 Å². The van der Waals surface area contributed by atoms with Gasteiger partial charge in [0.05, 0.1) is 18.7 Å². The van der Waals surface area contributed by atoms with E-state index in [4.69, 9.17) is 9.47 Å². The molecule has 9 heteroatoms. The number of aliphatic imine (C=N–C) groups is 1. The van der Waals surface area contributed by atoms with Crippen LogP contribution in [-0.4, -0.2) is 23.4 Å². The molecular formula is C21H18I2N2O5. The Balaban J connectivity index is 1.87. The van der Waals surface area contributed by atoms with E-state index >= 15 is 0 Å². The third-order valence-corrected chi connectivity index (χ3v) is 5.93. The van der Waals surface area contributed by atoms with Gasteiger partial charge in [-0.1, -0.05) is 13.3 Å². The first-order valence-corrected chi connectivity index (χ1v) is 11.4. The number of hydrogen-bond donors (Lipinski definition) is 0. The van der Waals surface area contributed by atoms with Crippen LogP contribution in [0.1, 0.15) is 36.5 Å². The van der Waals surface area contributed by atoms with E-state index in [9.17, 15) is 14.9 Å². The highest BCUT2D eigenvalue weighted by atomic mass is 127. The number of cyclic esters (lactones) is 1. The number of aryl methyl sites for hydroxylation is 1. The van der Waals surface area contributed by atoms with Crippen molar-refractivity contribution in [2.24, 2.45) is 4.99 Å². The zero-order valence-corrected chi connectivity index (χ0v) is 20.6. The molecule has 1 aliphatic rings. The molecule has 0 saturated carbocycles. The van der Waals surface area contributed by atoms with Crippen LogP contribution in [0.2, 0.25) is 0 Å². The monoisotopic (exact) mass is 632 g/mol. The van der Waals surface area contributed by atoms with E-state index in [1.54, 1.807) is 19.1 Å². The Bertz CT molecular complexity index is 1060. The number of benzene rings is 2. The van der Waals surface area contributed by atoms with Crippen molar-refractivity contribution in [2.45, 2.75) is 26.7 Å². The summed E-state index contributed by atoms with van der Waals surface area (Å²) in [4.78, 5) is 27.1. The molecule has 156 valence electrons. The van der Waals surface area contributed by atoms with Gasteiger partial charge in [-0.2, -0.15) is 0 Å². The minimum absolute atomic E-state index is 0.00448. The van der Waals surface area contributed by atoms with Gasteiger partial charge in [0.2, 0.25) is 5.90 Å². The quantitative estimate of drug-likeness (QED) is 0.0986. The van der Waals surface area contributed by atoms with E-state index < -0.39 is 10.9 Å². The molecule has 0 fully saturated rings. The highest BCUT2D eigenvalue weighted by Gasteiger charge is 2.25. The van der Waals surface area contributed by atoms with E-state index in [2.05, 4.69) is 57.1 Å². The number of nitro groups is 1. The number of esters is 1. The molecule has 0 spiro atoms. The molecule has 0 atom stereocenters. The second-order valence-corrected chi connectivity index (χ2v) is 8.93. The van der Waals surface area contributed by atoms with Crippen LogP contribution in [0, 0.1) is 24.2 Å². The maximum Gasteiger partial charge on any atom is 0.363 e. The lowest BCUT2D eigenvalue weighted by atomic mass is 10.1. The highest BCUT2D eigenvalue weighted by molar-refractivity contribution is 14.1. The van der Waals surface area contributed by atoms with Crippen molar-refractivity contribution in [2.75, 3.05) is 6.61 Å². The topological polar surface area (TPSA) is 91.0 Å². The molecule has 2 aromatic rings. The molecule has 2 aromatic carbocycles. The van der Waals surface area contributed by atoms with Crippen molar-refractivity contribution in [1.82, 2.24) is 0 Å². The van der Waals surface area contributed by atoms with Gasteiger partial charge in [0.1, 0.15) is 5.75 Å². The number of unbranched alkanes of at least 4 members (excludes halogenated alkanes) is 1. The molecule has 1 heterocycles. The lowest BCUT2D eigenvalue weighted by Gasteiger charge is -2.11. The van der Waals surface area contributed by atoms with Gasteiger partial charge in [0.25, 0.3) is 5.69 Å². The van der Waals surface area contributed by atoms with E-state index in [0.717, 1.165) is 31.3 Å². The van der Waals surface area contributed by atoms with Gasteiger partial charge in [-0.3, -0.25) is 10.1 Å². The molecule has 0 bridgehead atoms. The van der Waals surface area contributed by atoms with Crippen LogP contribution >= 0.6 is 45.2 Å². The summed E-state index contributed by atoms with van der Waals surface area (Å²) in [7, 11) is 0. The minimum Gasteiger partial charge on any atom is -0.491 e. The number of hydrogen-bond acceptors (Lipinski definition) is 6. The first-order valence-electron chi connectivity index (χ1n) is 9.20. The van der Waals surface area contributed by atoms with Crippen LogP contribution in [0.5, 0.6) is 5.75 Å². The summed E-state index contributed by atoms with van der Waals surface area (Å²) in [5, 5.41) is 11.0. The second-order valence-electron chi connectivity index (χ2n) is 6.61. The largest absolute Gasteiger partial charge is 0.491 e. The predicted octanol–water partition coefficient (Wildman–Crippen LogP) is 5.64. The maximum atomic E-state index is 12.3. The Hall–Kier alpha value is -2.02. The van der Waals surface area contributed by atoms with Crippen molar-refractivity contribution in [3.05, 3.63) is 70.0 Å². The predicted molar refractivity (Wildman–Crippen MR) is 131 cm³/mol. The molecule has 0 aliphatic carbocycles. The van der Waals surface area contributed by atoms with Gasteiger partial charge in [-0.15, -0.1) is 0 Å². The standard InChI is InChI=1S/C21H18I2N2O5/c1-3-4-7-29-19-15(22)9-13(10-16(19)23)11-17-21(26)30-20(24-17)14-5-6-18(25(27)28)12(2)8-14/h5-6,8-11H,3-4,7H2,1-2H3/b17-11-. The van der Waals surface area contributed by atoms with Gasteiger partial charge in [-0.25, -0.2) is 9.79 Å². The molecular weight excluding hydrogens is 614 g/mol. The minimum atomic E-state index is -0.561. The Morgan fingerprint density at radius 1 is 1.23 bits per heavy atom. The lowest BCUT2D eigenvalue weighted by molar-refractivity contribution is -0.385. The summed E-state index contributed by atoms with van der Waals surface area (Å²) >= 11 is 4.43. The van der Waals surface area contributed by atoms with E-state index in [0.29, 0.717) is 17.7 Å². The fraction of sp³-hybridized carbons (Fsp3) is 0.238. The van der Waals surface area contributed by atoms with Gasteiger partial charge in [0, 0.05) is 17.2 Å². The third-order valence-electron chi connectivity index (χ3n) is 4.33. The zero-order valence-electron chi connectivity index (χ0n) is 16.3. The fourth-order valence-corrected chi connectivity index (χ4v) is 4.93. The van der Waals surface area contributed by atoms with E-state index in [1.807, 2.05) is 12.1 Å². The smallest absolute Gasteiger partial charge is 0.363 e. The number of carbonyl (C=O) groups is 1. The molecule has 30 heavy (non-hydrogen) atoms. The Labute approximate surface area is 201 Å². The molecule has 7 nitrogen and oxygen atoms in total. The summed E-state index contributed by atoms with van der Waals surface area (Å²) in [6, 6.07) is 8.34. The zero-order chi connectivity index (χ0) is 21.8. The van der Waals surface area contributed by atoms with Crippen molar-refractivity contribution >= 4 is 68.8 Å². The average Bonchev–Trinajstić information content (AvgIpc) is 3.04. The molecule has 0 aromatic heterocycles. The normalized spacial score (nSPS) is 14.6. The molecule has 0 N–H and O–H groups in total. The average molecular weight is 632 g/mol. The number of rotatable bonds is 7. The lowest BCUT2D eigenvalue weighted by Crippen LogP contribution is -2.06. The molecule has 1 aliphatic heterocycles. The number of ether oxygens (including phenoxy) is 2. The first kappa shape index (κ1) is 22.7. The Morgan fingerprint density at radius 3 is 2.53 bits per heavy atom. The fourth-order valence-electron chi connectivity index (χ4n) is 2.80. The summed E-state index contributed by atoms with van der Waals surface area (Å²) in [5.41, 5.74) is 1.97. The number of nitrogens with zero attached hydrogens (tertiary/aromatic N) is 2. The molecule has 0 saturated heterocycles. The van der Waals surface area contributed by atoms with Gasteiger partial charge in [0.15, 0.2) is 5.70 Å². The Morgan fingerprint density at radius 2 is 1.93 bits per heavy atom. The van der Waals surface area contributed by atoms with Crippen LogP contribution in [-0.2, 0) is 9.53 Å². The summed E-state index contributed by atoms with van der Waals surface area (Å²) in [6.07, 6.45) is 3.71. The SMILES string of the molecule is CCCCOc1c(I)cc(/C=C2\N=C(c3ccc([N+](=O)[O-])c(C)c3)OC2=O)cc1I. The van der Waals surface area contributed by atoms with Crippen LogP contribution < -0.4 is 4.74 Å². The van der Waals surface area contributed by atoms with Gasteiger partial charge >= 0.3 is 5.97 Å². The van der Waals surface area contributed by atoms with Crippen molar-refractivity contribution in [3.63, 3.8) is 0 Å². The molecule has 0 unspecified atom stereocenters. The number of nitro benzene ring substituents is 1. The van der Waals surface area contributed by atoms with E-state index in [-0.39, 0.29) is 17.3 Å². The summed E-state index contributed by atoms with van der Waals surface area (Å²) in [5.74, 6) is 0.411. The molecule has 0 radical (unpaired) electrons. The highest BCUT2D eigenvalue weighted by Crippen LogP contribution is 2.31. The van der Waals surface area contributed by atoms with Crippen molar-refractivity contribution in [1.29, 1.82) is 0 Å². The number of halogens is 2. The van der Waals surface area contributed by atoms with Gasteiger partial charge in [-0.05, 0) is 94.4 Å². The second kappa shape index (κ2) is 9.86.